The molecule has 1 heterocycles. The third-order valence-corrected chi connectivity index (χ3v) is 2.24. The maximum absolute atomic E-state index is 10.2. The highest BCUT2D eigenvalue weighted by Crippen LogP contribution is 2.17. The van der Waals surface area contributed by atoms with E-state index < -0.39 is 0 Å². The average molecular weight is 190 g/mol. The molecular formula is C10H10N2O2. The molecule has 0 radical (unpaired) electrons. The van der Waals surface area contributed by atoms with Gasteiger partial charge in [-0.05, 0) is 11.6 Å². The van der Waals surface area contributed by atoms with Gasteiger partial charge in [-0.25, -0.2) is 0 Å². The molecule has 2 aromatic rings. The van der Waals surface area contributed by atoms with Crippen LogP contribution in [0.1, 0.15) is 5.56 Å². The van der Waals surface area contributed by atoms with E-state index in [1.54, 1.807) is 0 Å². The Morgan fingerprint density at radius 2 is 2.14 bits per heavy atom. The van der Waals surface area contributed by atoms with E-state index in [2.05, 4.69) is 4.98 Å². The van der Waals surface area contributed by atoms with Crippen molar-refractivity contribution in [3.63, 3.8) is 0 Å². The lowest BCUT2D eigenvalue weighted by atomic mass is 10.1. The van der Waals surface area contributed by atoms with Crippen molar-refractivity contribution in [2.24, 2.45) is 0 Å². The van der Waals surface area contributed by atoms with Crippen LogP contribution in [0.3, 0.4) is 0 Å². The number of rotatable bonds is 3. The van der Waals surface area contributed by atoms with Gasteiger partial charge in [0.2, 0.25) is 6.54 Å². The van der Waals surface area contributed by atoms with Crippen molar-refractivity contribution in [3.8, 4) is 0 Å². The normalized spacial score (nSPS) is 10.6. The molecular weight excluding hydrogens is 180 g/mol. The highest BCUT2D eigenvalue weighted by molar-refractivity contribution is 5.82. The number of benzene rings is 1. The first-order valence-electron chi connectivity index (χ1n) is 4.44. The second-order valence-electron chi connectivity index (χ2n) is 3.17. The molecule has 0 spiro atoms. The van der Waals surface area contributed by atoms with Crippen molar-refractivity contribution in [3.05, 3.63) is 46.1 Å². The quantitative estimate of drug-likeness (QED) is 0.594. The molecule has 0 unspecified atom stereocenters. The average Bonchev–Trinajstić information content (AvgIpc) is 2.58. The van der Waals surface area contributed by atoms with Crippen LogP contribution in [0, 0.1) is 10.1 Å². The van der Waals surface area contributed by atoms with Crippen LogP contribution >= 0.6 is 0 Å². The summed E-state index contributed by atoms with van der Waals surface area (Å²) in [6.45, 7) is -0.0121. The number of nitrogens with one attached hydrogen (secondary N) is 1. The third kappa shape index (κ3) is 1.59. The largest absolute Gasteiger partial charge is 0.361 e. The lowest BCUT2D eigenvalue weighted by Crippen LogP contribution is -2.03. The number of aromatic amines is 1. The van der Waals surface area contributed by atoms with Gasteiger partial charge in [0, 0.05) is 28.4 Å². The number of H-pyrrole nitrogens is 1. The summed E-state index contributed by atoms with van der Waals surface area (Å²) in [4.78, 5) is 13.0. The molecule has 0 aliphatic carbocycles. The lowest BCUT2D eigenvalue weighted by molar-refractivity contribution is -0.479. The Balaban J connectivity index is 2.29. The topological polar surface area (TPSA) is 58.9 Å². The van der Waals surface area contributed by atoms with E-state index in [1.165, 1.54) is 0 Å². The molecule has 1 N–H and O–H groups in total. The Kier molecular flexibility index (Phi) is 2.18. The van der Waals surface area contributed by atoms with Gasteiger partial charge in [0.25, 0.3) is 0 Å². The van der Waals surface area contributed by atoms with Gasteiger partial charge in [-0.15, -0.1) is 0 Å². The van der Waals surface area contributed by atoms with Gasteiger partial charge in [-0.1, -0.05) is 18.2 Å². The summed E-state index contributed by atoms with van der Waals surface area (Å²) < 4.78 is 0. The number of para-hydroxylation sites is 1. The monoisotopic (exact) mass is 190 g/mol. The minimum atomic E-state index is -0.290. The van der Waals surface area contributed by atoms with E-state index in [0.717, 1.165) is 16.5 Å². The van der Waals surface area contributed by atoms with Crippen LogP contribution in [0.25, 0.3) is 10.9 Å². The molecule has 14 heavy (non-hydrogen) atoms. The van der Waals surface area contributed by atoms with Crippen molar-refractivity contribution < 1.29 is 4.92 Å². The molecule has 1 aromatic heterocycles. The first kappa shape index (κ1) is 8.74. The zero-order valence-corrected chi connectivity index (χ0v) is 7.56. The van der Waals surface area contributed by atoms with Gasteiger partial charge in [0.05, 0.1) is 0 Å². The SMILES string of the molecule is O=[N+]([O-])CCc1c[nH]c2ccccc12. The standard InChI is InChI=1S/C10H10N2O2/c13-12(14)6-5-8-7-11-10-4-2-1-3-9(8)10/h1-4,7,11H,5-6H2. The molecule has 0 aliphatic heterocycles. The molecule has 4 nitrogen and oxygen atoms in total. The van der Waals surface area contributed by atoms with Crippen LogP contribution in [0.5, 0.6) is 0 Å². The van der Waals surface area contributed by atoms with Crippen LogP contribution in [0.2, 0.25) is 0 Å². The van der Waals surface area contributed by atoms with Crippen LogP contribution in [0.15, 0.2) is 30.5 Å². The van der Waals surface area contributed by atoms with Gasteiger partial charge >= 0.3 is 0 Å². The summed E-state index contributed by atoms with van der Waals surface area (Å²) in [6.07, 6.45) is 2.32. The smallest absolute Gasteiger partial charge is 0.207 e. The maximum Gasteiger partial charge on any atom is 0.207 e. The minimum absolute atomic E-state index is 0.0121. The van der Waals surface area contributed by atoms with E-state index in [0.29, 0.717) is 6.42 Å². The van der Waals surface area contributed by atoms with E-state index in [1.807, 2.05) is 30.5 Å². The fraction of sp³-hybridized carbons (Fsp3) is 0.200. The molecule has 0 amide bonds. The lowest BCUT2D eigenvalue weighted by Gasteiger charge is -1.93. The van der Waals surface area contributed by atoms with Crippen LogP contribution < -0.4 is 0 Å². The highest BCUT2D eigenvalue weighted by Gasteiger charge is 2.05. The fourth-order valence-corrected chi connectivity index (χ4v) is 1.55. The number of nitrogens with zero attached hydrogens (tertiary/aromatic N) is 1. The molecule has 2 rings (SSSR count). The predicted molar refractivity (Wildman–Crippen MR) is 53.9 cm³/mol. The number of hydrogen-bond acceptors (Lipinski definition) is 2. The number of fused-ring (bicyclic) bond motifs is 1. The number of nitro groups is 1. The highest BCUT2D eigenvalue weighted by atomic mass is 16.6. The molecule has 0 aliphatic rings. The number of hydrogen-bond donors (Lipinski definition) is 1. The van der Waals surface area contributed by atoms with Gasteiger partial charge in [0.1, 0.15) is 0 Å². The number of aromatic nitrogens is 1. The molecule has 4 heteroatoms. The minimum Gasteiger partial charge on any atom is -0.361 e. The first-order chi connectivity index (χ1) is 6.77. The third-order valence-electron chi connectivity index (χ3n) is 2.24. The summed E-state index contributed by atoms with van der Waals surface area (Å²) in [5.74, 6) is 0. The molecule has 72 valence electrons. The van der Waals surface area contributed by atoms with Gasteiger partial charge < -0.3 is 4.98 Å². The zero-order chi connectivity index (χ0) is 9.97. The Morgan fingerprint density at radius 3 is 2.93 bits per heavy atom. The molecule has 0 saturated heterocycles. The zero-order valence-electron chi connectivity index (χ0n) is 7.56. The summed E-state index contributed by atoms with van der Waals surface area (Å²) in [5, 5.41) is 11.3. The molecule has 0 fully saturated rings. The molecule has 1 aromatic carbocycles. The van der Waals surface area contributed by atoms with E-state index in [-0.39, 0.29) is 11.5 Å². The van der Waals surface area contributed by atoms with Crippen LogP contribution in [0.4, 0.5) is 0 Å². The first-order valence-corrected chi connectivity index (χ1v) is 4.44. The van der Waals surface area contributed by atoms with E-state index >= 15 is 0 Å². The van der Waals surface area contributed by atoms with Crippen molar-refractivity contribution >= 4 is 10.9 Å². The second kappa shape index (κ2) is 3.49. The summed E-state index contributed by atoms with van der Waals surface area (Å²) in [7, 11) is 0. The molecule has 0 atom stereocenters. The molecule has 0 bridgehead atoms. The van der Waals surface area contributed by atoms with E-state index in [9.17, 15) is 10.1 Å². The van der Waals surface area contributed by atoms with Crippen molar-refractivity contribution in [1.82, 2.24) is 4.98 Å². The van der Waals surface area contributed by atoms with Crippen molar-refractivity contribution in [2.45, 2.75) is 6.42 Å². The van der Waals surface area contributed by atoms with Crippen molar-refractivity contribution in [1.29, 1.82) is 0 Å². The van der Waals surface area contributed by atoms with Gasteiger partial charge in [0.15, 0.2) is 0 Å². The Hall–Kier alpha value is -1.84. The maximum atomic E-state index is 10.2. The molecule has 0 saturated carbocycles. The summed E-state index contributed by atoms with van der Waals surface area (Å²) >= 11 is 0. The van der Waals surface area contributed by atoms with Gasteiger partial charge in [-0.2, -0.15) is 0 Å². The second-order valence-corrected chi connectivity index (χ2v) is 3.17. The van der Waals surface area contributed by atoms with Crippen molar-refractivity contribution in [2.75, 3.05) is 6.54 Å². The Labute approximate surface area is 80.7 Å². The summed E-state index contributed by atoms with van der Waals surface area (Å²) in [5.41, 5.74) is 2.04. The van der Waals surface area contributed by atoms with Crippen LogP contribution in [-0.4, -0.2) is 16.5 Å². The predicted octanol–water partition coefficient (Wildman–Crippen LogP) is 1.99. The Bertz CT molecular complexity index is 462. The van der Waals surface area contributed by atoms with Gasteiger partial charge in [-0.3, -0.25) is 10.1 Å². The van der Waals surface area contributed by atoms with E-state index in [4.69, 9.17) is 0 Å². The van der Waals surface area contributed by atoms with Crippen LogP contribution in [-0.2, 0) is 6.42 Å². The fourth-order valence-electron chi connectivity index (χ4n) is 1.55. The summed E-state index contributed by atoms with van der Waals surface area (Å²) in [6, 6.07) is 7.81. The Morgan fingerprint density at radius 1 is 1.36 bits per heavy atom.